The SMILES string of the molecule is CN1CCN(c2ccc(Nc3ncc4cc5n(c4n3)[C@@H]3CCCC[C@H]3NC5=O)nc2)CC1.CS(=O)(=O)c1ncc2cc3n(c2n1)[C@@H]1CCCC[C@H]1NC3=O. The summed E-state index contributed by atoms with van der Waals surface area (Å²) in [6.07, 6.45) is 14.8. The van der Waals surface area contributed by atoms with Crippen molar-refractivity contribution in [1.82, 2.24) is 49.6 Å². The molecule has 0 bridgehead atoms. The molecule has 3 N–H and O–H groups in total. The Hall–Kier alpha value is -5.16. The second kappa shape index (κ2) is 13.6. The van der Waals surface area contributed by atoms with Crippen LogP contribution in [-0.2, 0) is 9.84 Å². The number of amides is 2. The van der Waals surface area contributed by atoms with Crippen LogP contribution in [-0.4, -0.2) is 111 Å². The molecule has 8 heterocycles. The maximum absolute atomic E-state index is 12.7. The molecule has 0 unspecified atom stereocenters. The molecular formula is C37H44N12O4S. The molecule has 282 valence electrons. The van der Waals surface area contributed by atoms with Gasteiger partial charge in [-0.2, -0.15) is 9.97 Å². The van der Waals surface area contributed by atoms with E-state index in [-0.39, 0.29) is 41.1 Å². The minimum absolute atomic E-state index is 0.0122. The highest BCUT2D eigenvalue weighted by atomic mass is 32.2. The molecule has 2 amide bonds. The van der Waals surface area contributed by atoms with Gasteiger partial charge in [-0.15, -0.1) is 0 Å². The number of aromatic nitrogens is 7. The predicted octanol–water partition coefficient (Wildman–Crippen LogP) is 3.61. The van der Waals surface area contributed by atoms with Crippen molar-refractivity contribution < 1.29 is 18.0 Å². The first kappa shape index (κ1) is 34.6. The summed E-state index contributed by atoms with van der Waals surface area (Å²) in [5.74, 6) is 1.07. The zero-order chi connectivity index (χ0) is 37.1. The minimum Gasteiger partial charge on any atom is -0.368 e. The van der Waals surface area contributed by atoms with Gasteiger partial charge in [-0.1, -0.05) is 25.7 Å². The van der Waals surface area contributed by atoms with E-state index < -0.39 is 9.84 Å². The third-order valence-electron chi connectivity index (χ3n) is 11.5. The van der Waals surface area contributed by atoms with Gasteiger partial charge in [0.15, 0.2) is 0 Å². The lowest BCUT2D eigenvalue weighted by Crippen LogP contribution is -2.48. The van der Waals surface area contributed by atoms with Crippen molar-refractivity contribution in [3.05, 3.63) is 54.2 Å². The summed E-state index contributed by atoms with van der Waals surface area (Å²) in [7, 11) is -1.32. The number of sulfone groups is 1. The molecule has 10 rings (SSSR count). The summed E-state index contributed by atoms with van der Waals surface area (Å²) in [6.45, 7) is 4.16. The standard InChI is InChI=1S/C23H28N8O.C14H16N4O3S/c1-29-8-10-30(11-9-29)16-6-7-20(24-14-16)27-23-25-13-15-12-19-22(32)26-17-4-2-3-5-18(17)31(19)21(15)28-23;1-22(20,21)14-15-7-8-6-11-13(19)16-9-4-2-3-5-10(9)18(11)12(8)17-14/h6-7,12-14,17-18H,2-5,8-11H2,1H3,(H,26,32)(H,24,25,27,28);6-7,9-10H,2-5H2,1H3,(H,16,19)/t17-,18-;9-,10-/m11/s1. The van der Waals surface area contributed by atoms with E-state index in [2.05, 4.69) is 63.4 Å². The number of hydrogen-bond acceptors (Lipinski definition) is 12. The molecule has 5 aromatic rings. The molecule has 3 aliphatic heterocycles. The molecule has 3 fully saturated rings. The maximum atomic E-state index is 12.7. The van der Waals surface area contributed by atoms with Crippen molar-refractivity contribution in [3.8, 4) is 0 Å². The van der Waals surface area contributed by atoms with Crippen molar-refractivity contribution in [1.29, 1.82) is 0 Å². The molecule has 5 aromatic heterocycles. The number of hydrogen-bond donors (Lipinski definition) is 3. The van der Waals surface area contributed by atoms with Crippen molar-refractivity contribution >= 4 is 61.2 Å². The number of rotatable bonds is 4. The van der Waals surface area contributed by atoms with Crippen LogP contribution >= 0.6 is 0 Å². The molecule has 0 radical (unpaired) electrons. The fourth-order valence-corrected chi connectivity index (χ4v) is 9.25. The van der Waals surface area contributed by atoms with Crippen LogP contribution in [0, 0.1) is 0 Å². The second-order valence-corrected chi connectivity index (χ2v) is 17.1. The van der Waals surface area contributed by atoms with Crippen molar-refractivity contribution in [2.24, 2.45) is 0 Å². The topological polar surface area (TPSA) is 185 Å². The van der Waals surface area contributed by atoms with E-state index in [0.717, 1.165) is 94.1 Å². The van der Waals surface area contributed by atoms with Crippen LogP contribution in [0.4, 0.5) is 17.5 Å². The molecule has 16 nitrogen and oxygen atoms in total. The van der Waals surface area contributed by atoms with E-state index >= 15 is 0 Å². The van der Waals surface area contributed by atoms with E-state index in [1.807, 2.05) is 22.9 Å². The lowest BCUT2D eigenvalue weighted by Gasteiger charge is -2.38. The zero-order valence-electron chi connectivity index (χ0n) is 30.4. The van der Waals surface area contributed by atoms with Gasteiger partial charge >= 0.3 is 0 Å². The first-order valence-electron chi connectivity index (χ1n) is 18.8. The Kier molecular flexibility index (Phi) is 8.72. The Morgan fingerprint density at radius 2 is 1.30 bits per heavy atom. The van der Waals surface area contributed by atoms with E-state index in [0.29, 0.717) is 34.2 Å². The molecule has 5 aliphatic rings. The van der Waals surface area contributed by atoms with Crippen LogP contribution in [0.15, 0.2) is 48.0 Å². The Morgan fingerprint density at radius 1 is 0.722 bits per heavy atom. The highest BCUT2D eigenvalue weighted by Gasteiger charge is 2.38. The fourth-order valence-electron chi connectivity index (χ4n) is 8.75. The molecule has 2 aliphatic carbocycles. The molecular weight excluding hydrogens is 709 g/mol. The van der Waals surface area contributed by atoms with E-state index in [1.54, 1.807) is 12.3 Å². The van der Waals surface area contributed by atoms with Crippen molar-refractivity contribution in [3.63, 3.8) is 0 Å². The Labute approximate surface area is 312 Å². The highest BCUT2D eigenvalue weighted by Crippen LogP contribution is 2.38. The number of carbonyl (C=O) groups excluding carboxylic acids is 2. The molecule has 17 heteroatoms. The molecule has 0 aromatic carbocycles. The van der Waals surface area contributed by atoms with Gasteiger partial charge in [0.1, 0.15) is 28.5 Å². The van der Waals surface area contributed by atoms with Gasteiger partial charge in [0.2, 0.25) is 20.9 Å². The van der Waals surface area contributed by atoms with E-state index in [4.69, 9.17) is 4.98 Å². The Morgan fingerprint density at radius 3 is 1.87 bits per heavy atom. The van der Waals surface area contributed by atoms with Gasteiger partial charge < -0.3 is 34.9 Å². The van der Waals surface area contributed by atoms with Gasteiger partial charge in [-0.05, 0) is 57.0 Å². The largest absolute Gasteiger partial charge is 0.368 e. The van der Waals surface area contributed by atoms with Gasteiger partial charge in [0, 0.05) is 67.7 Å². The first-order valence-corrected chi connectivity index (χ1v) is 20.7. The van der Waals surface area contributed by atoms with Crippen LogP contribution in [0.25, 0.3) is 22.1 Å². The second-order valence-electron chi connectivity index (χ2n) is 15.2. The molecule has 54 heavy (non-hydrogen) atoms. The zero-order valence-corrected chi connectivity index (χ0v) is 31.2. The van der Waals surface area contributed by atoms with Gasteiger partial charge in [0.05, 0.1) is 24.0 Å². The maximum Gasteiger partial charge on any atom is 0.268 e. The number of nitrogens with zero attached hydrogens (tertiary/aromatic N) is 9. The number of nitrogens with one attached hydrogen (secondary N) is 3. The number of likely N-dealkylation sites (N-methyl/N-ethyl adjacent to an activating group) is 1. The van der Waals surface area contributed by atoms with Crippen molar-refractivity contribution in [2.45, 2.75) is 80.7 Å². The number of piperazine rings is 1. The third-order valence-corrected chi connectivity index (χ3v) is 12.4. The molecule has 1 saturated heterocycles. The molecule has 4 atom stereocenters. The summed E-state index contributed by atoms with van der Waals surface area (Å²) < 4.78 is 27.4. The van der Waals surface area contributed by atoms with E-state index in [1.165, 1.54) is 12.6 Å². The highest BCUT2D eigenvalue weighted by molar-refractivity contribution is 7.90. The summed E-state index contributed by atoms with van der Waals surface area (Å²) in [4.78, 5) is 51.6. The average molecular weight is 753 g/mol. The molecule has 2 saturated carbocycles. The normalized spacial score (nSPS) is 24.0. The van der Waals surface area contributed by atoms with Crippen LogP contribution in [0.5, 0.6) is 0 Å². The fraction of sp³-hybridized carbons (Fsp3) is 0.486. The van der Waals surface area contributed by atoms with Crippen LogP contribution in [0.1, 0.15) is 84.4 Å². The minimum atomic E-state index is -3.48. The van der Waals surface area contributed by atoms with Crippen LogP contribution < -0.4 is 20.9 Å². The quantitative estimate of drug-likeness (QED) is 0.227. The Bertz CT molecular complexity index is 2370. The summed E-state index contributed by atoms with van der Waals surface area (Å²) in [5.41, 5.74) is 3.72. The predicted molar refractivity (Wildman–Crippen MR) is 203 cm³/mol. The smallest absolute Gasteiger partial charge is 0.268 e. The monoisotopic (exact) mass is 752 g/mol. The van der Waals surface area contributed by atoms with Crippen LogP contribution in [0.3, 0.4) is 0 Å². The molecule has 0 spiro atoms. The summed E-state index contributed by atoms with van der Waals surface area (Å²) in [6, 6.07) is 8.40. The summed E-state index contributed by atoms with van der Waals surface area (Å²) >= 11 is 0. The van der Waals surface area contributed by atoms with Gasteiger partial charge in [-0.25, -0.2) is 23.4 Å². The average Bonchev–Trinajstić information content (AvgIpc) is 3.76. The van der Waals surface area contributed by atoms with E-state index in [9.17, 15) is 18.0 Å². The van der Waals surface area contributed by atoms with Gasteiger partial charge in [-0.3, -0.25) is 9.59 Å². The van der Waals surface area contributed by atoms with Crippen molar-refractivity contribution in [2.75, 3.05) is 49.7 Å². The summed E-state index contributed by atoms with van der Waals surface area (Å²) in [5, 5.41) is 10.9. The third kappa shape index (κ3) is 6.32. The number of pyridine rings is 1. The number of fused-ring (bicyclic) bond motifs is 10. The first-order chi connectivity index (χ1) is 26.1. The van der Waals surface area contributed by atoms with Crippen LogP contribution in [0.2, 0.25) is 0 Å². The number of anilines is 3. The Balaban J connectivity index is 0.000000153. The van der Waals surface area contributed by atoms with Gasteiger partial charge in [0.25, 0.3) is 11.8 Å². The lowest BCUT2D eigenvalue weighted by molar-refractivity contribution is 0.0847. The number of carbonyl (C=O) groups is 2. The lowest BCUT2D eigenvalue weighted by atomic mass is 9.88.